The highest BCUT2D eigenvalue weighted by Crippen LogP contribution is 2.21. The normalized spacial score (nSPS) is 13.8. The maximum atomic E-state index is 10.2. The minimum absolute atomic E-state index is 0.276. The maximum Gasteiger partial charge on any atom is 0.162 e. The monoisotopic (exact) mass is 178 g/mol. The molecule has 0 aliphatic rings. The second-order valence-corrected chi connectivity index (χ2v) is 4.76. The third kappa shape index (κ3) is 6.65. The van der Waals surface area contributed by atoms with E-state index < -0.39 is 0 Å². The van der Waals surface area contributed by atoms with Gasteiger partial charge in [-0.1, -0.05) is 32.6 Å². The molecule has 0 saturated carbocycles. The van der Waals surface area contributed by atoms with Crippen LogP contribution in [0, 0.1) is 0 Å². The van der Waals surface area contributed by atoms with Gasteiger partial charge in [-0.05, 0) is 6.42 Å². The average molecular weight is 178 g/mol. The summed E-state index contributed by atoms with van der Waals surface area (Å²) in [5.74, 6) is 0. The highest BCUT2D eigenvalue weighted by molar-refractivity contribution is 7.41. The fraction of sp³-hybridized carbons (Fsp3) is 1.00. The summed E-state index contributed by atoms with van der Waals surface area (Å²) in [5.41, 5.74) is 0. The van der Waals surface area contributed by atoms with Gasteiger partial charge in [-0.15, -0.1) is 9.24 Å². The van der Waals surface area contributed by atoms with Gasteiger partial charge in [-0.25, -0.2) is 0 Å². The molecule has 0 amide bonds. The summed E-state index contributed by atoms with van der Waals surface area (Å²) in [5, 5.41) is 0.289. The van der Waals surface area contributed by atoms with Crippen LogP contribution in [-0.4, -0.2) is 5.40 Å². The van der Waals surface area contributed by atoms with Gasteiger partial charge in [0.25, 0.3) is 0 Å². The zero-order chi connectivity index (χ0) is 7.82. The van der Waals surface area contributed by atoms with Crippen LogP contribution in [0.3, 0.4) is 0 Å². The lowest BCUT2D eigenvalue weighted by Gasteiger charge is -1.99. The predicted octanol–water partition coefficient (Wildman–Crippen LogP) is 3.45. The van der Waals surface area contributed by atoms with Crippen LogP contribution in [0.15, 0.2) is 0 Å². The summed E-state index contributed by atoms with van der Waals surface area (Å²) in [7, 11) is 2.87. The number of hydrogen-bond acceptors (Lipinski definition) is 1. The van der Waals surface area contributed by atoms with E-state index in [1.54, 1.807) is 0 Å². The van der Waals surface area contributed by atoms with Gasteiger partial charge in [-0.3, -0.25) is 4.57 Å². The van der Waals surface area contributed by atoms with Gasteiger partial charge in [0.2, 0.25) is 0 Å². The van der Waals surface area contributed by atoms with Crippen molar-refractivity contribution < 1.29 is 4.57 Å². The van der Waals surface area contributed by atoms with Crippen LogP contribution in [0.5, 0.6) is 0 Å². The molecule has 0 saturated heterocycles. The lowest BCUT2D eigenvalue weighted by atomic mass is 10.2. The van der Waals surface area contributed by atoms with E-state index >= 15 is 0 Å². The van der Waals surface area contributed by atoms with E-state index in [4.69, 9.17) is 0 Å². The Balaban J connectivity index is 2.95. The van der Waals surface area contributed by atoms with E-state index in [0.717, 1.165) is 6.42 Å². The van der Waals surface area contributed by atoms with Crippen LogP contribution in [0.1, 0.15) is 39.0 Å². The molecule has 0 rings (SSSR count). The first-order chi connectivity index (χ1) is 4.81. The Kier molecular flexibility index (Phi) is 8.04. The molecule has 0 aliphatic heterocycles. The Morgan fingerprint density at radius 3 is 2.60 bits per heavy atom. The maximum absolute atomic E-state index is 10.2. The van der Waals surface area contributed by atoms with Gasteiger partial charge in [0.05, 0.1) is 5.40 Å². The van der Waals surface area contributed by atoms with E-state index in [1.165, 1.54) is 25.7 Å². The average Bonchev–Trinajstić information content (AvgIpc) is 1.98. The van der Waals surface area contributed by atoms with Gasteiger partial charge in [0, 0.05) is 0 Å². The van der Waals surface area contributed by atoms with Crippen LogP contribution < -0.4 is 0 Å². The van der Waals surface area contributed by atoms with E-state index in [9.17, 15) is 4.57 Å². The zero-order valence-electron chi connectivity index (χ0n) is 6.55. The summed E-state index contributed by atoms with van der Waals surface area (Å²) in [6, 6.07) is 0. The molecule has 3 heteroatoms. The number of hydrogen-bond donors (Lipinski definition) is 0. The molecule has 2 unspecified atom stereocenters. The SMILES string of the molecule is CCCCCCC(P)P=O. The molecule has 0 aromatic rings. The van der Waals surface area contributed by atoms with E-state index in [2.05, 4.69) is 16.2 Å². The van der Waals surface area contributed by atoms with Crippen molar-refractivity contribution in [2.75, 3.05) is 0 Å². The third-order valence-corrected chi connectivity index (χ3v) is 2.72. The Morgan fingerprint density at radius 2 is 2.10 bits per heavy atom. The van der Waals surface area contributed by atoms with Crippen molar-refractivity contribution in [1.82, 2.24) is 0 Å². The van der Waals surface area contributed by atoms with Crippen molar-refractivity contribution in [1.29, 1.82) is 0 Å². The molecular weight excluding hydrogens is 162 g/mol. The molecule has 1 nitrogen and oxygen atoms in total. The van der Waals surface area contributed by atoms with Crippen LogP contribution in [-0.2, 0) is 4.57 Å². The van der Waals surface area contributed by atoms with Gasteiger partial charge in [-0.2, -0.15) is 0 Å². The van der Waals surface area contributed by atoms with Gasteiger partial charge >= 0.3 is 0 Å². The quantitative estimate of drug-likeness (QED) is 0.449. The third-order valence-electron chi connectivity index (χ3n) is 1.49. The standard InChI is InChI=1S/C7H16OP2/c1-2-3-4-5-6-7(9)10-8/h7H,2-6,9H2,1H3. The molecule has 0 aromatic carbocycles. The number of unbranched alkanes of at least 4 members (excludes halogenated alkanes) is 3. The van der Waals surface area contributed by atoms with Crippen molar-refractivity contribution in [2.45, 2.75) is 44.4 Å². The van der Waals surface area contributed by atoms with Crippen LogP contribution in [0.2, 0.25) is 0 Å². The molecule has 0 bridgehead atoms. The Hall–Kier alpha value is 0.530. The van der Waals surface area contributed by atoms with Crippen molar-refractivity contribution in [3.63, 3.8) is 0 Å². The summed E-state index contributed by atoms with van der Waals surface area (Å²) in [6.07, 6.45) is 6.17. The Labute approximate surface area is 67.4 Å². The highest BCUT2D eigenvalue weighted by atomic mass is 31.1. The smallest absolute Gasteiger partial charge is 0.162 e. The molecule has 0 radical (unpaired) electrons. The van der Waals surface area contributed by atoms with E-state index in [0.29, 0.717) is 0 Å². The summed E-state index contributed by atoms with van der Waals surface area (Å²) in [4.78, 5) is 0. The van der Waals surface area contributed by atoms with Crippen LogP contribution in [0.25, 0.3) is 0 Å². The minimum atomic E-state index is 0.276. The lowest BCUT2D eigenvalue weighted by Crippen LogP contribution is -1.85. The van der Waals surface area contributed by atoms with Gasteiger partial charge in [0.1, 0.15) is 0 Å². The summed E-state index contributed by atoms with van der Waals surface area (Å²) < 4.78 is 10.2. The molecule has 10 heavy (non-hydrogen) atoms. The van der Waals surface area contributed by atoms with Gasteiger partial charge in [0.15, 0.2) is 8.46 Å². The molecule has 2 atom stereocenters. The van der Waals surface area contributed by atoms with Crippen molar-refractivity contribution in [3.05, 3.63) is 0 Å². The fourth-order valence-electron chi connectivity index (χ4n) is 0.833. The predicted molar refractivity (Wildman–Crippen MR) is 49.9 cm³/mol. The first-order valence-electron chi connectivity index (χ1n) is 3.89. The van der Waals surface area contributed by atoms with Crippen molar-refractivity contribution >= 4 is 17.7 Å². The van der Waals surface area contributed by atoms with Crippen molar-refractivity contribution in [3.8, 4) is 0 Å². The Morgan fingerprint density at radius 1 is 1.40 bits per heavy atom. The second kappa shape index (κ2) is 7.63. The first-order valence-corrected chi connectivity index (χ1v) is 5.44. The molecule has 0 N–H and O–H groups in total. The largest absolute Gasteiger partial charge is 0.274 e. The molecule has 60 valence electrons. The number of rotatable bonds is 6. The summed E-state index contributed by atoms with van der Waals surface area (Å²) in [6.45, 7) is 2.20. The van der Waals surface area contributed by atoms with Crippen molar-refractivity contribution in [2.24, 2.45) is 0 Å². The first kappa shape index (κ1) is 10.5. The fourth-order valence-corrected chi connectivity index (χ4v) is 1.36. The molecular formula is C7H16OP2. The topological polar surface area (TPSA) is 17.1 Å². The molecule has 0 heterocycles. The van der Waals surface area contributed by atoms with Crippen LogP contribution in [0.4, 0.5) is 0 Å². The molecule has 0 aliphatic carbocycles. The molecule has 0 spiro atoms. The van der Waals surface area contributed by atoms with Crippen LogP contribution >= 0.6 is 17.7 Å². The Bertz CT molecular complexity index is 85.7. The molecule has 0 aromatic heterocycles. The highest BCUT2D eigenvalue weighted by Gasteiger charge is 1.98. The zero-order valence-corrected chi connectivity index (χ0v) is 8.59. The lowest BCUT2D eigenvalue weighted by molar-refractivity contribution is 0.590. The second-order valence-electron chi connectivity index (χ2n) is 2.52. The van der Waals surface area contributed by atoms with E-state index in [1.807, 2.05) is 0 Å². The molecule has 0 fully saturated rings. The van der Waals surface area contributed by atoms with Gasteiger partial charge < -0.3 is 0 Å². The summed E-state index contributed by atoms with van der Waals surface area (Å²) >= 11 is 0. The van der Waals surface area contributed by atoms with E-state index in [-0.39, 0.29) is 13.9 Å². The minimum Gasteiger partial charge on any atom is -0.274 e.